The Hall–Kier alpha value is -3.17. The van der Waals surface area contributed by atoms with Crippen LogP contribution < -0.4 is 5.56 Å². The first kappa shape index (κ1) is 22.0. The molecule has 1 unspecified atom stereocenters. The van der Waals surface area contributed by atoms with Crippen molar-refractivity contribution < 1.29 is 0 Å². The van der Waals surface area contributed by atoms with Crippen molar-refractivity contribution in [1.29, 1.82) is 10.5 Å². The predicted molar refractivity (Wildman–Crippen MR) is 128 cm³/mol. The van der Waals surface area contributed by atoms with E-state index in [-0.39, 0.29) is 5.56 Å². The minimum absolute atomic E-state index is 0.331. The molecule has 9 heteroatoms. The Morgan fingerprint density at radius 2 is 1.78 bits per heavy atom. The number of aromatic nitrogens is 3. The molecule has 0 aliphatic carbocycles. The quantitative estimate of drug-likeness (QED) is 0.356. The van der Waals surface area contributed by atoms with Gasteiger partial charge in [0.25, 0.3) is 5.56 Å². The first-order chi connectivity index (χ1) is 15.4. The summed E-state index contributed by atoms with van der Waals surface area (Å²) < 4.78 is 2.23. The molecular weight excluding hydrogens is 510 g/mol. The molecule has 2 aromatic heterocycles. The number of nitriles is 2. The van der Waals surface area contributed by atoms with Crippen LogP contribution in [-0.4, -0.2) is 14.8 Å². The molecule has 0 aliphatic rings. The monoisotopic (exact) mass is 523 g/mol. The number of rotatable bonds is 5. The minimum atomic E-state index is -1.02. The number of hydrogen-bond acceptors (Lipinski definition) is 5. The Bertz CT molecular complexity index is 1390. The van der Waals surface area contributed by atoms with Crippen LogP contribution in [0.3, 0.4) is 0 Å². The molecule has 0 saturated carbocycles. The van der Waals surface area contributed by atoms with Crippen LogP contribution in [0.5, 0.6) is 0 Å². The van der Waals surface area contributed by atoms with Crippen LogP contribution in [0.2, 0.25) is 5.02 Å². The molecule has 4 rings (SSSR count). The SMILES string of the molecule is Cc1[nH]n(-c2ncc(-c3ccc(Cl)cc3)s2)c(=O)c1C(c1ccc(Br)cc1)C(C#N)C#N. The number of aryl methyl sites for hydroxylation is 1. The first-order valence-corrected chi connectivity index (χ1v) is 11.5. The van der Waals surface area contributed by atoms with Crippen LogP contribution >= 0.6 is 38.9 Å². The molecule has 32 heavy (non-hydrogen) atoms. The average molecular weight is 525 g/mol. The van der Waals surface area contributed by atoms with Gasteiger partial charge in [0.15, 0.2) is 0 Å². The summed E-state index contributed by atoms with van der Waals surface area (Å²) in [7, 11) is 0. The number of hydrogen-bond donors (Lipinski definition) is 1. The van der Waals surface area contributed by atoms with Crippen molar-refractivity contribution in [3.05, 3.63) is 91.4 Å². The van der Waals surface area contributed by atoms with E-state index >= 15 is 0 Å². The summed E-state index contributed by atoms with van der Waals surface area (Å²) in [4.78, 5) is 18.7. The number of halogens is 2. The summed E-state index contributed by atoms with van der Waals surface area (Å²) >= 11 is 10.7. The van der Waals surface area contributed by atoms with Gasteiger partial charge in [-0.1, -0.05) is 63.1 Å². The van der Waals surface area contributed by atoms with Crippen LogP contribution in [-0.2, 0) is 0 Å². The van der Waals surface area contributed by atoms with E-state index in [1.54, 1.807) is 25.3 Å². The Morgan fingerprint density at radius 3 is 2.41 bits per heavy atom. The van der Waals surface area contributed by atoms with Crippen LogP contribution in [0.4, 0.5) is 0 Å². The predicted octanol–water partition coefficient (Wildman–Crippen LogP) is 5.81. The highest BCUT2D eigenvalue weighted by Gasteiger charge is 2.31. The van der Waals surface area contributed by atoms with Crippen molar-refractivity contribution in [2.24, 2.45) is 5.92 Å². The smallest absolute Gasteiger partial charge is 0.277 e. The first-order valence-electron chi connectivity index (χ1n) is 9.51. The number of nitrogens with zero attached hydrogens (tertiary/aromatic N) is 4. The van der Waals surface area contributed by atoms with Gasteiger partial charge in [-0.25, -0.2) is 4.98 Å². The molecule has 2 heterocycles. The maximum Gasteiger partial charge on any atom is 0.277 e. The van der Waals surface area contributed by atoms with Gasteiger partial charge < -0.3 is 0 Å². The van der Waals surface area contributed by atoms with E-state index in [1.165, 1.54) is 16.0 Å². The molecule has 0 radical (unpaired) electrons. The fourth-order valence-electron chi connectivity index (χ4n) is 3.55. The van der Waals surface area contributed by atoms with Gasteiger partial charge in [0.1, 0.15) is 5.92 Å². The largest absolute Gasteiger partial charge is 0.293 e. The van der Waals surface area contributed by atoms with Gasteiger partial charge in [0, 0.05) is 32.9 Å². The van der Waals surface area contributed by atoms with E-state index in [1.807, 2.05) is 48.5 Å². The number of thiazole rings is 1. The summed E-state index contributed by atoms with van der Waals surface area (Å²) in [5, 5.41) is 23.4. The lowest BCUT2D eigenvalue weighted by molar-refractivity contribution is 0.699. The third-order valence-corrected chi connectivity index (χ3v) is 6.89. The molecule has 0 amide bonds. The second kappa shape index (κ2) is 9.13. The minimum Gasteiger partial charge on any atom is -0.293 e. The number of nitrogens with one attached hydrogen (secondary N) is 1. The van der Waals surface area contributed by atoms with Crippen LogP contribution in [0, 0.1) is 35.5 Å². The lowest BCUT2D eigenvalue weighted by atomic mass is 9.82. The summed E-state index contributed by atoms with van der Waals surface area (Å²) in [6, 6.07) is 18.7. The standard InChI is InChI=1S/C23H15BrClN5OS/c1-13-20(21(16(10-26)11-27)15-2-6-17(24)7-3-15)22(31)30(29-13)23-28-12-19(32-23)14-4-8-18(25)9-5-14/h2-9,12,16,21,29H,1H3. The summed E-state index contributed by atoms with van der Waals surface area (Å²) in [5.41, 5.74) is 2.29. The second-order valence-electron chi connectivity index (χ2n) is 7.07. The molecule has 1 N–H and O–H groups in total. The zero-order valence-corrected chi connectivity index (χ0v) is 19.9. The number of H-pyrrole nitrogens is 1. The molecule has 4 aromatic rings. The van der Waals surface area contributed by atoms with Gasteiger partial charge in [0.05, 0.1) is 17.0 Å². The zero-order chi connectivity index (χ0) is 22.8. The maximum absolute atomic E-state index is 13.5. The lowest BCUT2D eigenvalue weighted by Gasteiger charge is -2.17. The van der Waals surface area contributed by atoms with Crippen molar-refractivity contribution in [2.75, 3.05) is 0 Å². The highest BCUT2D eigenvalue weighted by Crippen LogP contribution is 2.33. The van der Waals surface area contributed by atoms with Gasteiger partial charge in [-0.15, -0.1) is 0 Å². The molecule has 6 nitrogen and oxygen atoms in total. The molecule has 0 bridgehead atoms. The van der Waals surface area contributed by atoms with Crippen LogP contribution in [0.25, 0.3) is 15.6 Å². The van der Waals surface area contributed by atoms with Gasteiger partial charge in [0.2, 0.25) is 5.13 Å². The lowest BCUT2D eigenvalue weighted by Crippen LogP contribution is -2.23. The fraction of sp³-hybridized carbons (Fsp3) is 0.130. The molecule has 1 atom stereocenters. The third-order valence-electron chi connectivity index (χ3n) is 5.08. The molecule has 0 saturated heterocycles. The second-order valence-corrected chi connectivity index (χ2v) is 9.43. The van der Waals surface area contributed by atoms with Crippen molar-refractivity contribution in [3.8, 4) is 27.7 Å². The Morgan fingerprint density at radius 1 is 1.12 bits per heavy atom. The fourth-order valence-corrected chi connectivity index (χ4v) is 4.82. The summed E-state index contributed by atoms with van der Waals surface area (Å²) in [6.45, 7) is 1.76. The highest BCUT2D eigenvalue weighted by molar-refractivity contribution is 9.10. The summed E-state index contributed by atoms with van der Waals surface area (Å²) in [6.07, 6.45) is 1.70. The van der Waals surface area contributed by atoms with Crippen LogP contribution in [0.15, 0.2) is 64.0 Å². The molecule has 0 fully saturated rings. The van der Waals surface area contributed by atoms with E-state index < -0.39 is 11.8 Å². The number of aromatic amines is 1. The molecule has 0 spiro atoms. The van der Waals surface area contributed by atoms with E-state index in [4.69, 9.17) is 11.6 Å². The Kier molecular flexibility index (Phi) is 6.29. The van der Waals surface area contributed by atoms with E-state index in [0.717, 1.165) is 14.9 Å². The molecular formula is C23H15BrClN5OS. The Labute approximate surface area is 201 Å². The van der Waals surface area contributed by atoms with Gasteiger partial charge in [-0.2, -0.15) is 15.2 Å². The molecule has 0 aliphatic heterocycles. The van der Waals surface area contributed by atoms with Crippen molar-refractivity contribution in [3.63, 3.8) is 0 Å². The third kappa shape index (κ3) is 4.13. The zero-order valence-electron chi connectivity index (χ0n) is 16.7. The van der Waals surface area contributed by atoms with E-state index in [9.17, 15) is 15.3 Å². The van der Waals surface area contributed by atoms with E-state index in [2.05, 4.69) is 26.0 Å². The number of benzene rings is 2. The normalized spacial score (nSPS) is 11.8. The molecule has 158 valence electrons. The van der Waals surface area contributed by atoms with Crippen molar-refractivity contribution >= 4 is 38.9 Å². The van der Waals surface area contributed by atoms with Crippen LogP contribution in [0.1, 0.15) is 22.7 Å². The maximum atomic E-state index is 13.5. The Balaban J connectivity index is 1.81. The topological polar surface area (TPSA) is 98.3 Å². The summed E-state index contributed by atoms with van der Waals surface area (Å²) in [5.74, 6) is -1.72. The highest BCUT2D eigenvalue weighted by atomic mass is 79.9. The molecule has 2 aromatic carbocycles. The van der Waals surface area contributed by atoms with Gasteiger partial charge in [-0.3, -0.25) is 9.89 Å². The van der Waals surface area contributed by atoms with Crippen molar-refractivity contribution in [2.45, 2.75) is 12.8 Å². The van der Waals surface area contributed by atoms with Gasteiger partial charge >= 0.3 is 0 Å². The average Bonchev–Trinajstić information content (AvgIpc) is 3.38. The van der Waals surface area contributed by atoms with Crippen molar-refractivity contribution in [1.82, 2.24) is 14.8 Å². The van der Waals surface area contributed by atoms with Gasteiger partial charge in [-0.05, 0) is 42.3 Å². The van der Waals surface area contributed by atoms with E-state index in [0.29, 0.717) is 27.0 Å².